The van der Waals surface area contributed by atoms with E-state index >= 15 is 0 Å². The predicted molar refractivity (Wildman–Crippen MR) is 93.8 cm³/mol. The van der Waals surface area contributed by atoms with Crippen molar-refractivity contribution in [1.29, 1.82) is 0 Å². The third kappa shape index (κ3) is 4.43. The summed E-state index contributed by atoms with van der Waals surface area (Å²) in [5.74, 6) is -0.299. The number of carboxylic acids is 1. The molecule has 0 bridgehead atoms. The average Bonchev–Trinajstić information content (AvgIpc) is 3.00. The maximum absolute atomic E-state index is 12.2. The maximum atomic E-state index is 12.2. The summed E-state index contributed by atoms with van der Waals surface area (Å²) < 4.78 is 11.4. The molecule has 0 saturated heterocycles. The van der Waals surface area contributed by atoms with Crippen LogP contribution in [-0.2, 0) is 4.79 Å². The van der Waals surface area contributed by atoms with Crippen molar-refractivity contribution in [2.24, 2.45) is 5.92 Å². The first-order valence-electron chi connectivity index (χ1n) is 8.23. The molecule has 2 N–H and O–H groups in total. The van der Waals surface area contributed by atoms with Gasteiger partial charge in [-0.15, -0.1) is 0 Å². The highest BCUT2D eigenvalue weighted by atomic mass is 16.5. The maximum Gasteiger partial charge on any atom is 0.317 e. The van der Waals surface area contributed by atoms with Crippen LogP contribution in [0.4, 0.5) is 4.79 Å². The van der Waals surface area contributed by atoms with E-state index in [4.69, 9.17) is 14.3 Å². The number of nitrogens with one attached hydrogen (secondary N) is 1. The number of aliphatic carboxylic acids is 1. The number of rotatable bonds is 7. The van der Waals surface area contributed by atoms with Gasteiger partial charge in [-0.2, -0.15) is 0 Å². The molecule has 0 spiro atoms. The minimum Gasteiger partial charge on any atom is -0.490 e. The van der Waals surface area contributed by atoms with Crippen molar-refractivity contribution >= 4 is 23.0 Å². The predicted octanol–water partition coefficient (Wildman–Crippen LogP) is 3.25. The molecule has 2 amide bonds. The Balaban J connectivity index is 2.08. The number of urea groups is 1. The van der Waals surface area contributed by atoms with Gasteiger partial charge in [0.1, 0.15) is 5.76 Å². The number of carbonyl (C=O) groups is 2. The lowest BCUT2D eigenvalue weighted by molar-refractivity contribution is -0.141. The van der Waals surface area contributed by atoms with Crippen molar-refractivity contribution < 1.29 is 23.8 Å². The molecule has 25 heavy (non-hydrogen) atoms. The summed E-state index contributed by atoms with van der Waals surface area (Å²) in [5.41, 5.74) is 0.647. The number of hydrogen-bond donors (Lipinski definition) is 2. The Kier molecular flexibility index (Phi) is 5.90. The second-order valence-corrected chi connectivity index (χ2v) is 6.05. The molecule has 2 rings (SSSR count). The fourth-order valence-corrected chi connectivity index (χ4v) is 2.48. The molecule has 0 aliphatic heterocycles. The van der Waals surface area contributed by atoms with Gasteiger partial charge in [-0.05, 0) is 26.0 Å². The van der Waals surface area contributed by atoms with Crippen molar-refractivity contribution in [3.63, 3.8) is 0 Å². The minimum atomic E-state index is -0.937. The zero-order valence-electron chi connectivity index (χ0n) is 14.9. The van der Waals surface area contributed by atoms with E-state index in [-0.39, 0.29) is 18.6 Å². The summed E-state index contributed by atoms with van der Waals surface area (Å²) in [4.78, 5) is 24.5. The number of amides is 2. The van der Waals surface area contributed by atoms with Crippen LogP contribution in [0.1, 0.15) is 32.6 Å². The van der Waals surface area contributed by atoms with Crippen molar-refractivity contribution in [2.45, 2.75) is 26.8 Å². The molecule has 1 aromatic heterocycles. The van der Waals surface area contributed by atoms with Crippen molar-refractivity contribution in [2.75, 3.05) is 20.2 Å². The van der Waals surface area contributed by atoms with Crippen molar-refractivity contribution in [3.8, 4) is 5.75 Å². The molecule has 2 aromatic rings. The normalized spacial score (nSPS) is 13.3. The smallest absolute Gasteiger partial charge is 0.317 e. The topological polar surface area (TPSA) is 92.0 Å². The SMILES string of the molecule is CCOc1cccc2cc(C(C)NC(=O)N(C)CC(C)C(=O)O)oc12. The molecule has 1 aromatic carbocycles. The summed E-state index contributed by atoms with van der Waals surface area (Å²) in [5, 5.41) is 12.6. The van der Waals surface area contributed by atoms with Crippen LogP contribution < -0.4 is 10.1 Å². The number of fused-ring (bicyclic) bond motifs is 1. The fourth-order valence-electron chi connectivity index (χ4n) is 2.48. The molecule has 0 aliphatic carbocycles. The van der Waals surface area contributed by atoms with Crippen LogP contribution in [0.3, 0.4) is 0 Å². The number of furan rings is 1. The van der Waals surface area contributed by atoms with Crippen LogP contribution in [0.2, 0.25) is 0 Å². The van der Waals surface area contributed by atoms with Gasteiger partial charge < -0.3 is 24.5 Å². The number of hydrogen-bond acceptors (Lipinski definition) is 4. The Hall–Kier alpha value is -2.70. The summed E-state index contributed by atoms with van der Waals surface area (Å²) in [6.45, 7) is 5.93. The number of nitrogens with zero attached hydrogens (tertiary/aromatic N) is 1. The molecule has 7 heteroatoms. The molecular weight excluding hydrogens is 324 g/mol. The summed E-state index contributed by atoms with van der Waals surface area (Å²) in [7, 11) is 1.56. The molecule has 0 radical (unpaired) electrons. The number of carbonyl (C=O) groups excluding carboxylic acids is 1. The standard InChI is InChI=1S/C18H24N2O5/c1-5-24-14-8-6-7-13-9-15(25-16(13)14)12(3)19-18(23)20(4)10-11(2)17(21)22/h6-9,11-12H,5,10H2,1-4H3,(H,19,23)(H,21,22). The van der Waals surface area contributed by atoms with Crippen molar-refractivity contribution in [1.82, 2.24) is 10.2 Å². The first kappa shape index (κ1) is 18.6. The molecule has 0 saturated carbocycles. The molecule has 0 aliphatic rings. The van der Waals surface area contributed by atoms with Gasteiger partial charge in [-0.25, -0.2) is 4.79 Å². The van der Waals surface area contributed by atoms with E-state index in [1.165, 1.54) is 4.90 Å². The third-order valence-electron chi connectivity index (χ3n) is 3.91. The van der Waals surface area contributed by atoms with Crippen LogP contribution in [0.15, 0.2) is 28.7 Å². The second kappa shape index (κ2) is 7.92. The molecule has 2 atom stereocenters. The number of carboxylic acid groups (broad SMARTS) is 1. The lowest BCUT2D eigenvalue weighted by Crippen LogP contribution is -2.41. The summed E-state index contributed by atoms with van der Waals surface area (Å²) >= 11 is 0. The fraction of sp³-hybridized carbons (Fsp3) is 0.444. The van der Waals surface area contributed by atoms with E-state index in [0.29, 0.717) is 23.7 Å². The molecule has 2 unspecified atom stereocenters. The Labute approximate surface area is 146 Å². The highest BCUT2D eigenvalue weighted by Gasteiger charge is 2.21. The zero-order valence-corrected chi connectivity index (χ0v) is 14.9. The lowest BCUT2D eigenvalue weighted by atomic mass is 10.2. The van der Waals surface area contributed by atoms with Gasteiger partial charge in [0.15, 0.2) is 11.3 Å². The van der Waals surface area contributed by atoms with Gasteiger partial charge in [-0.1, -0.05) is 19.1 Å². The number of benzene rings is 1. The third-order valence-corrected chi connectivity index (χ3v) is 3.91. The Bertz CT molecular complexity index is 755. The Morgan fingerprint density at radius 3 is 2.72 bits per heavy atom. The van der Waals surface area contributed by atoms with Gasteiger partial charge in [0.25, 0.3) is 0 Å². The van der Waals surface area contributed by atoms with Gasteiger partial charge in [0.2, 0.25) is 0 Å². The zero-order chi connectivity index (χ0) is 18.6. The quantitative estimate of drug-likeness (QED) is 0.801. The Morgan fingerprint density at radius 2 is 2.08 bits per heavy atom. The van der Waals surface area contributed by atoms with E-state index in [1.54, 1.807) is 14.0 Å². The highest BCUT2D eigenvalue weighted by Crippen LogP contribution is 2.31. The van der Waals surface area contributed by atoms with E-state index in [2.05, 4.69) is 5.32 Å². The molecule has 1 heterocycles. The van der Waals surface area contributed by atoms with E-state index < -0.39 is 11.9 Å². The lowest BCUT2D eigenvalue weighted by Gasteiger charge is -2.22. The summed E-state index contributed by atoms with van der Waals surface area (Å²) in [6.07, 6.45) is 0. The minimum absolute atomic E-state index is 0.127. The second-order valence-electron chi connectivity index (χ2n) is 6.05. The van der Waals surface area contributed by atoms with Crippen LogP contribution >= 0.6 is 0 Å². The van der Waals surface area contributed by atoms with Crippen LogP contribution in [-0.4, -0.2) is 42.2 Å². The average molecular weight is 348 g/mol. The highest BCUT2D eigenvalue weighted by molar-refractivity contribution is 5.84. The van der Waals surface area contributed by atoms with Crippen molar-refractivity contribution in [3.05, 3.63) is 30.0 Å². The van der Waals surface area contributed by atoms with E-state index in [0.717, 1.165) is 5.39 Å². The number of para-hydroxylation sites is 1. The molecular formula is C18H24N2O5. The van der Waals surface area contributed by atoms with Gasteiger partial charge >= 0.3 is 12.0 Å². The molecule has 0 fully saturated rings. The molecule has 136 valence electrons. The largest absolute Gasteiger partial charge is 0.490 e. The number of ether oxygens (including phenoxy) is 1. The Morgan fingerprint density at radius 1 is 1.36 bits per heavy atom. The van der Waals surface area contributed by atoms with Gasteiger partial charge in [-0.3, -0.25) is 4.79 Å². The molecule has 7 nitrogen and oxygen atoms in total. The van der Waals surface area contributed by atoms with E-state index in [1.807, 2.05) is 38.1 Å². The summed E-state index contributed by atoms with van der Waals surface area (Å²) in [6, 6.07) is 6.78. The first-order valence-corrected chi connectivity index (χ1v) is 8.23. The van der Waals surface area contributed by atoms with Crippen LogP contribution in [0.5, 0.6) is 5.75 Å². The van der Waals surface area contributed by atoms with Gasteiger partial charge in [0, 0.05) is 19.0 Å². The van der Waals surface area contributed by atoms with Crippen LogP contribution in [0.25, 0.3) is 11.0 Å². The van der Waals surface area contributed by atoms with Gasteiger partial charge in [0.05, 0.1) is 18.6 Å². The first-order chi connectivity index (χ1) is 11.8. The van der Waals surface area contributed by atoms with Crippen LogP contribution in [0, 0.1) is 5.92 Å². The monoisotopic (exact) mass is 348 g/mol. The van der Waals surface area contributed by atoms with E-state index in [9.17, 15) is 9.59 Å².